The van der Waals surface area contributed by atoms with Crippen molar-refractivity contribution in [2.45, 2.75) is 0 Å². The molecule has 268 valence electrons. The summed E-state index contributed by atoms with van der Waals surface area (Å²) < 4.78 is 9.06. The lowest BCUT2D eigenvalue weighted by Gasteiger charge is -2.20. The van der Waals surface area contributed by atoms with Gasteiger partial charge in [-0.15, -0.1) is 11.3 Å². The monoisotopic (exact) mass is 752 g/mol. The smallest absolute Gasteiger partial charge is 0.153 e. The fourth-order valence-electron chi connectivity index (χ4n) is 9.89. The molecule has 0 fully saturated rings. The summed E-state index contributed by atoms with van der Waals surface area (Å²) in [4.78, 5) is 0. The molecule has 0 bridgehead atoms. The standard InChI is InChI=1S/C56H32OS/c1-2-14-34-31-35(26-25-33(34)13-1)52-41-19-6-8-21-43(41)53(44-22-9-7-20-42(44)52)45-28-27-39(36-15-3-4-16-37(36)45)49-32-50-48-30-29-46-40-18-11-12-24-51(40)57-54(46)56(48)58-55(50)47-23-10-5-17-38(47)49/h1-32H. The molecule has 2 heteroatoms. The molecule has 11 aromatic carbocycles. The van der Waals surface area contributed by atoms with Crippen molar-refractivity contribution in [3.8, 4) is 33.4 Å². The van der Waals surface area contributed by atoms with Crippen LogP contribution in [0.5, 0.6) is 0 Å². The second-order valence-electron chi connectivity index (χ2n) is 15.5. The summed E-state index contributed by atoms with van der Waals surface area (Å²) in [5.74, 6) is 0. The summed E-state index contributed by atoms with van der Waals surface area (Å²) in [6, 6.07) is 71.6. The molecular formula is C56H32OS. The zero-order valence-electron chi connectivity index (χ0n) is 31.3. The van der Waals surface area contributed by atoms with Gasteiger partial charge in [0.2, 0.25) is 0 Å². The molecule has 0 saturated heterocycles. The number of hydrogen-bond acceptors (Lipinski definition) is 2. The molecule has 0 aliphatic rings. The minimum Gasteiger partial charge on any atom is -0.455 e. The Balaban J connectivity index is 1.08. The maximum Gasteiger partial charge on any atom is 0.153 e. The lowest BCUT2D eigenvalue weighted by atomic mass is 9.83. The summed E-state index contributed by atoms with van der Waals surface area (Å²) in [6.07, 6.45) is 0. The number of thiophene rings is 1. The van der Waals surface area contributed by atoms with E-state index in [2.05, 4.69) is 188 Å². The van der Waals surface area contributed by atoms with E-state index in [1.54, 1.807) is 0 Å². The summed E-state index contributed by atoms with van der Waals surface area (Å²) in [6.45, 7) is 0. The van der Waals surface area contributed by atoms with Crippen LogP contribution in [0.15, 0.2) is 199 Å². The second kappa shape index (κ2) is 12.1. The molecule has 0 atom stereocenters. The maximum atomic E-state index is 6.56. The Morgan fingerprint density at radius 1 is 0.293 bits per heavy atom. The van der Waals surface area contributed by atoms with Crippen LogP contribution in [0, 0.1) is 0 Å². The predicted molar refractivity (Wildman–Crippen MR) is 250 cm³/mol. The van der Waals surface area contributed by atoms with Gasteiger partial charge in [0.25, 0.3) is 0 Å². The molecule has 1 nitrogen and oxygen atoms in total. The Hall–Kier alpha value is -7.26. The van der Waals surface area contributed by atoms with Crippen molar-refractivity contribution < 1.29 is 4.42 Å². The van der Waals surface area contributed by atoms with Crippen molar-refractivity contribution in [3.05, 3.63) is 194 Å². The van der Waals surface area contributed by atoms with Crippen LogP contribution in [-0.2, 0) is 0 Å². The van der Waals surface area contributed by atoms with Crippen LogP contribution in [0.3, 0.4) is 0 Å². The van der Waals surface area contributed by atoms with E-state index in [4.69, 9.17) is 4.42 Å². The van der Waals surface area contributed by atoms with Crippen molar-refractivity contribution in [3.63, 3.8) is 0 Å². The van der Waals surface area contributed by atoms with E-state index < -0.39 is 0 Å². The third-order valence-electron chi connectivity index (χ3n) is 12.4. The fraction of sp³-hybridized carbons (Fsp3) is 0. The normalized spacial score (nSPS) is 12.1. The highest BCUT2D eigenvalue weighted by molar-refractivity contribution is 7.27. The number of hydrogen-bond donors (Lipinski definition) is 0. The lowest BCUT2D eigenvalue weighted by Crippen LogP contribution is -1.93. The van der Waals surface area contributed by atoms with Gasteiger partial charge in [-0.05, 0) is 106 Å². The summed E-state index contributed by atoms with van der Waals surface area (Å²) in [5, 5.41) is 17.4. The fourth-order valence-corrected chi connectivity index (χ4v) is 11.2. The number of para-hydroxylation sites is 1. The SMILES string of the molecule is c1ccc2cc(-c3c4ccccc4c(-c4ccc(-c5cc6c7ccc8c9ccccc9oc8c7sc6c6ccccc56)c5ccccc45)c4ccccc34)ccc2c1. The van der Waals surface area contributed by atoms with E-state index in [0.717, 1.165) is 16.6 Å². The largest absolute Gasteiger partial charge is 0.455 e. The van der Waals surface area contributed by atoms with Gasteiger partial charge in [-0.25, -0.2) is 0 Å². The molecule has 0 aliphatic heterocycles. The lowest BCUT2D eigenvalue weighted by molar-refractivity contribution is 0.673. The molecule has 0 spiro atoms. The Morgan fingerprint density at radius 3 is 1.53 bits per heavy atom. The summed E-state index contributed by atoms with van der Waals surface area (Å²) >= 11 is 1.85. The van der Waals surface area contributed by atoms with Gasteiger partial charge < -0.3 is 4.42 Å². The van der Waals surface area contributed by atoms with Gasteiger partial charge in [-0.2, -0.15) is 0 Å². The van der Waals surface area contributed by atoms with Crippen LogP contribution in [0.4, 0.5) is 0 Å². The van der Waals surface area contributed by atoms with E-state index in [9.17, 15) is 0 Å². The first-order valence-corrected chi connectivity index (χ1v) is 20.7. The minimum absolute atomic E-state index is 0.934. The van der Waals surface area contributed by atoms with Crippen LogP contribution in [0.25, 0.3) is 129 Å². The van der Waals surface area contributed by atoms with Gasteiger partial charge in [0.15, 0.2) is 5.58 Å². The van der Waals surface area contributed by atoms with Gasteiger partial charge in [0.1, 0.15) is 5.58 Å². The van der Waals surface area contributed by atoms with Crippen molar-refractivity contribution in [2.75, 3.05) is 0 Å². The number of furan rings is 1. The number of rotatable bonds is 3. The first kappa shape index (κ1) is 31.9. The molecular weight excluding hydrogens is 721 g/mol. The van der Waals surface area contributed by atoms with E-state index in [1.165, 1.54) is 113 Å². The zero-order valence-corrected chi connectivity index (χ0v) is 32.1. The third-order valence-corrected chi connectivity index (χ3v) is 13.7. The maximum absolute atomic E-state index is 6.56. The highest BCUT2D eigenvalue weighted by Crippen LogP contribution is 2.50. The van der Waals surface area contributed by atoms with E-state index in [0.29, 0.717) is 0 Å². The Labute approximate surface area is 337 Å². The highest BCUT2D eigenvalue weighted by Gasteiger charge is 2.22. The van der Waals surface area contributed by atoms with Crippen molar-refractivity contribution in [1.82, 2.24) is 0 Å². The topological polar surface area (TPSA) is 13.1 Å². The first-order valence-electron chi connectivity index (χ1n) is 19.9. The quantitative estimate of drug-likeness (QED) is 0.164. The Morgan fingerprint density at radius 2 is 0.810 bits per heavy atom. The third kappa shape index (κ3) is 4.46. The second-order valence-corrected chi connectivity index (χ2v) is 16.5. The van der Waals surface area contributed by atoms with Crippen molar-refractivity contribution in [1.29, 1.82) is 0 Å². The van der Waals surface area contributed by atoms with Crippen LogP contribution in [0.2, 0.25) is 0 Å². The van der Waals surface area contributed by atoms with Gasteiger partial charge in [0.05, 0.1) is 4.70 Å². The van der Waals surface area contributed by atoms with Gasteiger partial charge in [0, 0.05) is 31.6 Å². The van der Waals surface area contributed by atoms with Crippen LogP contribution in [0.1, 0.15) is 0 Å². The zero-order chi connectivity index (χ0) is 37.9. The molecule has 2 aromatic heterocycles. The molecule has 2 heterocycles. The molecule has 13 aromatic rings. The van der Waals surface area contributed by atoms with Gasteiger partial charge in [-0.3, -0.25) is 0 Å². The predicted octanol–water partition coefficient (Wildman–Crippen LogP) is 16.7. The molecule has 0 aliphatic carbocycles. The minimum atomic E-state index is 0.934. The van der Waals surface area contributed by atoms with Crippen molar-refractivity contribution in [2.24, 2.45) is 0 Å². The van der Waals surface area contributed by atoms with Crippen LogP contribution >= 0.6 is 11.3 Å². The van der Waals surface area contributed by atoms with E-state index in [1.807, 2.05) is 17.4 Å². The Bertz CT molecular complexity index is 3810. The molecule has 0 N–H and O–H groups in total. The summed E-state index contributed by atoms with van der Waals surface area (Å²) in [5.41, 5.74) is 9.44. The molecule has 0 amide bonds. The molecule has 13 rings (SSSR count). The van der Waals surface area contributed by atoms with Crippen molar-refractivity contribution >= 4 is 107 Å². The molecule has 0 unspecified atom stereocenters. The van der Waals surface area contributed by atoms with Crippen LogP contribution in [-0.4, -0.2) is 0 Å². The average Bonchev–Trinajstić information content (AvgIpc) is 3.86. The average molecular weight is 753 g/mol. The van der Waals surface area contributed by atoms with Gasteiger partial charge >= 0.3 is 0 Å². The molecule has 0 saturated carbocycles. The molecule has 58 heavy (non-hydrogen) atoms. The Kier molecular flexibility index (Phi) is 6.66. The van der Waals surface area contributed by atoms with Crippen LogP contribution < -0.4 is 0 Å². The molecule has 0 radical (unpaired) electrons. The summed E-state index contributed by atoms with van der Waals surface area (Å²) in [7, 11) is 0. The highest BCUT2D eigenvalue weighted by atomic mass is 32.1. The van der Waals surface area contributed by atoms with E-state index >= 15 is 0 Å². The van der Waals surface area contributed by atoms with Gasteiger partial charge in [-0.1, -0.05) is 170 Å². The number of benzene rings is 11. The van der Waals surface area contributed by atoms with E-state index in [-0.39, 0.29) is 0 Å². The number of fused-ring (bicyclic) bond motifs is 13. The first-order chi connectivity index (χ1) is 28.8.